The van der Waals surface area contributed by atoms with E-state index in [0.29, 0.717) is 0 Å². The molecule has 0 bridgehead atoms. The molecule has 1 heterocycles. The van der Waals surface area contributed by atoms with Crippen molar-refractivity contribution in [1.29, 1.82) is 0 Å². The lowest BCUT2D eigenvalue weighted by Gasteiger charge is -2.07. The summed E-state index contributed by atoms with van der Waals surface area (Å²) >= 11 is 0. The fourth-order valence-corrected chi connectivity index (χ4v) is 3.57. The molecule has 1 aliphatic heterocycles. The number of rotatable bonds is 11. The van der Waals surface area contributed by atoms with Crippen LogP contribution in [-0.2, 0) is 22.4 Å². The number of aliphatic carboxylic acids is 1. The molecule has 2 atom stereocenters. The number of carbonyl (C=O) groups is 1. The second-order valence-corrected chi connectivity index (χ2v) is 7.12. The summed E-state index contributed by atoms with van der Waals surface area (Å²) in [5.74, 6) is -0.861. The summed E-state index contributed by atoms with van der Waals surface area (Å²) in [5, 5.41) is 9.04. The highest BCUT2D eigenvalue weighted by atomic mass is 16.6. The predicted molar refractivity (Wildman–Crippen MR) is 103 cm³/mol. The Hall–Kier alpha value is -2.13. The van der Waals surface area contributed by atoms with Crippen molar-refractivity contribution >= 4 is 5.97 Å². The standard InChI is InChI=1S/C23H28O3/c24-23(25)22-21(26-22)20-17-11-10-16-19(20)15-9-4-2-1-3-6-12-18-13-7-5-8-14-18/h5,7-8,10-11,13-14,16-17,21-22H,1-4,6,9,12,15H2,(H,24,25)/t21-,22+/m1/s1. The second kappa shape index (κ2) is 9.54. The van der Waals surface area contributed by atoms with E-state index in [0.717, 1.165) is 18.4 Å². The maximum atomic E-state index is 11.0. The van der Waals surface area contributed by atoms with E-state index in [1.807, 2.05) is 18.2 Å². The topological polar surface area (TPSA) is 49.8 Å². The minimum absolute atomic E-state index is 0.248. The zero-order valence-electron chi connectivity index (χ0n) is 15.3. The number of ether oxygens (including phenoxy) is 1. The average Bonchev–Trinajstić information content (AvgIpc) is 3.46. The molecule has 0 amide bonds. The number of aryl methyl sites for hydroxylation is 2. The Balaban J connectivity index is 1.30. The molecule has 2 aromatic rings. The molecule has 0 spiro atoms. The van der Waals surface area contributed by atoms with E-state index in [2.05, 4.69) is 36.4 Å². The first kappa shape index (κ1) is 18.7. The number of carboxylic acids is 1. The molecule has 1 N–H and O–H groups in total. The van der Waals surface area contributed by atoms with E-state index in [1.165, 1.54) is 49.7 Å². The van der Waals surface area contributed by atoms with Crippen molar-refractivity contribution in [3.05, 3.63) is 71.3 Å². The van der Waals surface area contributed by atoms with Gasteiger partial charge in [0.2, 0.25) is 0 Å². The SMILES string of the molecule is O=C(O)[C@H]1O[C@@H]1c1ccccc1CCCCCCCCc1ccccc1. The molecule has 26 heavy (non-hydrogen) atoms. The molecule has 138 valence electrons. The van der Waals surface area contributed by atoms with E-state index >= 15 is 0 Å². The molecule has 1 aliphatic rings. The third-order valence-electron chi connectivity index (χ3n) is 5.10. The van der Waals surface area contributed by atoms with Crippen LogP contribution in [0.3, 0.4) is 0 Å². The van der Waals surface area contributed by atoms with Gasteiger partial charge in [0.15, 0.2) is 6.10 Å². The second-order valence-electron chi connectivity index (χ2n) is 7.12. The Morgan fingerprint density at radius 2 is 1.42 bits per heavy atom. The first-order valence-corrected chi connectivity index (χ1v) is 9.75. The zero-order valence-corrected chi connectivity index (χ0v) is 15.3. The lowest BCUT2D eigenvalue weighted by atomic mass is 9.97. The molecule has 0 aromatic heterocycles. The van der Waals surface area contributed by atoms with Crippen LogP contribution in [0, 0.1) is 0 Å². The van der Waals surface area contributed by atoms with Crippen LogP contribution >= 0.6 is 0 Å². The van der Waals surface area contributed by atoms with Crippen LogP contribution in [0.5, 0.6) is 0 Å². The van der Waals surface area contributed by atoms with Crippen molar-refractivity contribution in [3.8, 4) is 0 Å². The molecular weight excluding hydrogens is 324 g/mol. The van der Waals surface area contributed by atoms with Gasteiger partial charge in [-0.1, -0.05) is 80.3 Å². The lowest BCUT2D eigenvalue weighted by molar-refractivity contribution is -0.138. The summed E-state index contributed by atoms with van der Waals surface area (Å²) in [7, 11) is 0. The van der Waals surface area contributed by atoms with Crippen molar-refractivity contribution < 1.29 is 14.6 Å². The Morgan fingerprint density at radius 3 is 2.12 bits per heavy atom. The third-order valence-corrected chi connectivity index (χ3v) is 5.10. The highest BCUT2D eigenvalue weighted by Crippen LogP contribution is 2.40. The normalized spacial score (nSPS) is 18.6. The van der Waals surface area contributed by atoms with Gasteiger partial charge in [-0.05, 0) is 42.4 Å². The van der Waals surface area contributed by atoms with Crippen LogP contribution < -0.4 is 0 Å². The number of epoxide rings is 1. The summed E-state index contributed by atoms with van der Waals surface area (Å²) in [4.78, 5) is 11.0. The highest BCUT2D eigenvalue weighted by Gasteiger charge is 2.47. The number of unbranched alkanes of at least 4 members (excludes halogenated alkanes) is 5. The minimum atomic E-state index is -0.861. The van der Waals surface area contributed by atoms with Crippen LogP contribution in [0.2, 0.25) is 0 Å². The Kier molecular flexibility index (Phi) is 6.84. The molecule has 3 heteroatoms. The van der Waals surface area contributed by atoms with Crippen LogP contribution in [0.1, 0.15) is 61.3 Å². The van der Waals surface area contributed by atoms with Gasteiger partial charge in [-0.3, -0.25) is 0 Å². The summed E-state index contributed by atoms with van der Waals surface area (Å²) in [6.45, 7) is 0. The van der Waals surface area contributed by atoms with E-state index in [9.17, 15) is 4.79 Å². The number of hydrogen-bond acceptors (Lipinski definition) is 2. The first-order chi connectivity index (χ1) is 12.8. The fraction of sp³-hybridized carbons (Fsp3) is 0.435. The quantitative estimate of drug-likeness (QED) is 0.439. The van der Waals surface area contributed by atoms with Gasteiger partial charge in [0.1, 0.15) is 6.10 Å². The Morgan fingerprint density at radius 1 is 0.808 bits per heavy atom. The third kappa shape index (κ3) is 5.43. The van der Waals surface area contributed by atoms with Gasteiger partial charge in [-0.2, -0.15) is 0 Å². The maximum Gasteiger partial charge on any atom is 0.335 e. The molecular formula is C23H28O3. The van der Waals surface area contributed by atoms with Crippen molar-refractivity contribution in [2.24, 2.45) is 0 Å². The number of carboxylic acid groups (broad SMARTS) is 1. The van der Waals surface area contributed by atoms with E-state index < -0.39 is 12.1 Å². The van der Waals surface area contributed by atoms with Gasteiger partial charge >= 0.3 is 5.97 Å². The van der Waals surface area contributed by atoms with Crippen molar-refractivity contribution in [3.63, 3.8) is 0 Å². The minimum Gasteiger partial charge on any atom is -0.479 e. The van der Waals surface area contributed by atoms with Crippen LogP contribution in [0.15, 0.2) is 54.6 Å². The van der Waals surface area contributed by atoms with Gasteiger partial charge < -0.3 is 9.84 Å². The summed E-state index contributed by atoms with van der Waals surface area (Å²) < 4.78 is 5.31. The summed E-state index contributed by atoms with van der Waals surface area (Å²) in [5.41, 5.74) is 3.74. The predicted octanol–water partition coefficient (Wildman–Crippen LogP) is 5.34. The molecule has 3 nitrogen and oxygen atoms in total. The molecule has 0 unspecified atom stereocenters. The monoisotopic (exact) mass is 352 g/mol. The van der Waals surface area contributed by atoms with Crippen molar-refractivity contribution in [2.45, 2.75) is 63.6 Å². The summed E-state index contributed by atoms with van der Waals surface area (Å²) in [6, 6.07) is 18.8. The molecule has 3 rings (SSSR count). The van der Waals surface area contributed by atoms with Crippen molar-refractivity contribution in [2.75, 3.05) is 0 Å². The molecule has 1 saturated heterocycles. The van der Waals surface area contributed by atoms with E-state index in [4.69, 9.17) is 9.84 Å². The van der Waals surface area contributed by atoms with Crippen LogP contribution in [0.25, 0.3) is 0 Å². The molecule has 0 radical (unpaired) electrons. The lowest BCUT2D eigenvalue weighted by Crippen LogP contribution is -2.06. The van der Waals surface area contributed by atoms with E-state index in [-0.39, 0.29) is 6.10 Å². The van der Waals surface area contributed by atoms with Gasteiger partial charge in [0, 0.05) is 0 Å². The molecule has 0 aliphatic carbocycles. The van der Waals surface area contributed by atoms with Gasteiger partial charge in [0.25, 0.3) is 0 Å². The maximum absolute atomic E-state index is 11.0. The molecule has 1 fully saturated rings. The van der Waals surface area contributed by atoms with Crippen LogP contribution in [-0.4, -0.2) is 17.2 Å². The van der Waals surface area contributed by atoms with Gasteiger partial charge in [0.05, 0.1) is 0 Å². The largest absolute Gasteiger partial charge is 0.479 e. The molecule has 0 saturated carbocycles. The summed E-state index contributed by atoms with van der Waals surface area (Å²) in [6.07, 6.45) is 8.79. The number of hydrogen-bond donors (Lipinski definition) is 1. The van der Waals surface area contributed by atoms with Crippen molar-refractivity contribution in [1.82, 2.24) is 0 Å². The molecule has 2 aromatic carbocycles. The van der Waals surface area contributed by atoms with Crippen LogP contribution in [0.4, 0.5) is 0 Å². The first-order valence-electron chi connectivity index (χ1n) is 9.75. The van der Waals surface area contributed by atoms with Gasteiger partial charge in [-0.25, -0.2) is 4.79 Å². The Bertz CT molecular complexity index is 696. The number of benzene rings is 2. The smallest absolute Gasteiger partial charge is 0.335 e. The fourth-order valence-electron chi connectivity index (χ4n) is 3.57. The average molecular weight is 352 g/mol. The highest BCUT2D eigenvalue weighted by molar-refractivity contribution is 5.76. The zero-order chi connectivity index (χ0) is 18.2. The van der Waals surface area contributed by atoms with Gasteiger partial charge in [-0.15, -0.1) is 0 Å². The Labute approximate surface area is 156 Å². The van der Waals surface area contributed by atoms with E-state index in [1.54, 1.807) is 0 Å².